The maximum absolute atomic E-state index is 12.5. The number of carboxylic acid groups (broad SMARTS) is 1. The smallest absolute Gasteiger partial charge is 0.871 e. The Morgan fingerprint density at radius 2 is 1.12 bits per heavy atom. The number of para-hydroxylation sites is 2. The number of aromatic nitrogens is 4. The van der Waals surface area contributed by atoms with Gasteiger partial charge in [-0.15, -0.1) is 15.3 Å². The van der Waals surface area contributed by atoms with Crippen LogP contribution in [0.15, 0.2) is 128 Å². The molecule has 2 heterocycles. The van der Waals surface area contributed by atoms with Crippen LogP contribution >= 0.6 is 0 Å². The zero-order chi connectivity index (χ0) is 36.0. The first-order valence-corrected chi connectivity index (χ1v) is 16.0. The quantitative estimate of drug-likeness (QED) is 0.166. The molecule has 6 rings (SSSR count). The molecule has 0 saturated heterocycles. The second-order valence-electron chi connectivity index (χ2n) is 10.4. The van der Waals surface area contributed by atoms with Gasteiger partial charge in [0.25, 0.3) is 0 Å². The van der Waals surface area contributed by atoms with E-state index in [1.165, 1.54) is 21.5 Å². The van der Waals surface area contributed by atoms with Crippen molar-refractivity contribution in [1.82, 2.24) is 19.6 Å². The number of rotatable bonds is 8. The summed E-state index contributed by atoms with van der Waals surface area (Å²) in [5.41, 5.74) is 1.68. The van der Waals surface area contributed by atoms with E-state index in [1.54, 1.807) is 80.6 Å². The van der Waals surface area contributed by atoms with Gasteiger partial charge in [0.1, 0.15) is 11.4 Å². The van der Waals surface area contributed by atoms with Crippen molar-refractivity contribution in [2.75, 3.05) is 0 Å². The van der Waals surface area contributed by atoms with Crippen LogP contribution in [0.1, 0.15) is 21.7 Å². The predicted octanol–water partition coefficient (Wildman–Crippen LogP) is 0.425. The van der Waals surface area contributed by atoms with Gasteiger partial charge in [-0.05, 0) is 56.3 Å². The van der Waals surface area contributed by atoms with Gasteiger partial charge in [-0.1, -0.05) is 66.4 Å². The number of aryl methyl sites for hydroxylation is 2. The number of nitrogens with zero attached hydrogens (tertiary/aromatic N) is 8. The van der Waals surface area contributed by atoms with Crippen molar-refractivity contribution in [3.05, 3.63) is 120 Å². The molecule has 257 valence electrons. The minimum Gasteiger partial charge on any atom is -0.871 e. The Morgan fingerprint density at radius 1 is 0.673 bits per heavy atom. The van der Waals surface area contributed by atoms with Crippen molar-refractivity contribution >= 4 is 38.7 Å². The van der Waals surface area contributed by atoms with Crippen LogP contribution in [0.4, 0.5) is 22.7 Å². The summed E-state index contributed by atoms with van der Waals surface area (Å²) in [6.45, 7) is 3.22. The van der Waals surface area contributed by atoms with Crippen molar-refractivity contribution in [2.45, 2.75) is 18.7 Å². The summed E-state index contributed by atoms with van der Waals surface area (Å²) in [6, 6.07) is 26.8. The molecule has 0 atom stereocenters. The van der Waals surface area contributed by atoms with Crippen LogP contribution < -0.4 is 55.1 Å². The molecule has 0 spiro atoms. The molecule has 1 radical (unpaired) electrons. The SMILES string of the molecule is Cc1nn(-c2ccccc2)c([O-])c1N=Nc1cc(S(N)(=O)=O)ccc1[O-].Cc1nn(-c2ccccc2)c([O-])c1N=Nc1ccccc1C(=O)[O-].[Cr+3].[Na+]. The fraction of sp³-hybridized carbons (Fsp3) is 0.0606. The summed E-state index contributed by atoms with van der Waals surface area (Å²) in [7, 11) is -3.99. The molecular weight excluding hydrogens is 741 g/mol. The number of sulfonamides is 1. The number of benzene rings is 4. The number of hydrogen-bond donors (Lipinski definition) is 1. The molecule has 0 bridgehead atoms. The minimum atomic E-state index is -3.99. The zero-order valence-electron chi connectivity index (χ0n) is 27.6. The Labute approximate surface area is 330 Å². The first-order chi connectivity index (χ1) is 23.8. The van der Waals surface area contributed by atoms with E-state index in [2.05, 4.69) is 30.7 Å². The third kappa shape index (κ3) is 9.57. The van der Waals surface area contributed by atoms with Crippen molar-refractivity contribution in [1.29, 1.82) is 0 Å². The summed E-state index contributed by atoms with van der Waals surface area (Å²) in [5, 5.41) is 76.4. The Morgan fingerprint density at radius 3 is 1.58 bits per heavy atom. The normalized spacial score (nSPS) is 11.1. The van der Waals surface area contributed by atoms with Gasteiger partial charge in [-0.3, -0.25) is 0 Å². The number of hydrogen-bond acceptors (Lipinski definition) is 13. The molecule has 4 aromatic carbocycles. The zero-order valence-corrected chi connectivity index (χ0v) is 31.7. The molecule has 0 saturated carbocycles. The summed E-state index contributed by atoms with van der Waals surface area (Å²) in [5.74, 6) is -2.84. The number of carbonyl (C=O) groups excluding carboxylic acids is 1. The van der Waals surface area contributed by atoms with Gasteiger partial charge in [0.05, 0.1) is 45.0 Å². The topological polar surface area (TPSA) is 255 Å². The van der Waals surface area contributed by atoms with E-state index in [1.807, 2.05) is 6.07 Å². The predicted molar refractivity (Wildman–Crippen MR) is 172 cm³/mol. The molecule has 2 N–H and O–H groups in total. The number of carbonyl (C=O) groups is 1. The average molecular weight is 767 g/mol. The van der Waals surface area contributed by atoms with E-state index in [9.17, 15) is 33.6 Å². The van der Waals surface area contributed by atoms with Crippen LogP contribution in [0.25, 0.3) is 11.4 Å². The van der Waals surface area contributed by atoms with E-state index in [0.717, 1.165) is 18.2 Å². The number of nitrogens with two attached hydrogens (primary N) is 1. The molecule has 0 amide bonds. The van der Waals surface area contributed by atoms with Crippen LogP contribution in [0, 0.1) is 13.8 Å². The van der Waals surface area contributed by atoms with Gasteiger partial charge in [-0.25, -0.2) is 22.9 Å². The monoisotopic (exact) mass is 766 g/mol. The van der Waals surface area contributed by atoms with Crippen LogP contribution in [-0.4, -0.2) is 33.9 Å². The molecule has 16 nitrogen and oxygen atoms in total. The van der Waals surface area contributed by atoms with Crippen molar-refractivity contribution in [3.8, 4) is 28.9 Å². The minimum absolute atomic E-state index is 0. The summed E-state index contributed by atoms with van der Waals surface area (Å²) in [4.78, 5) is 10.8. The number of aromatic carboxylic acids is 1. The molecule has 0 aliphatic heterocycles. The van der Waals surface area contributed by atoms with Gasteiger partial charge in [0, 0.05) is 17.3 Å². The maximum atomic E-state index is 12.5. The molecule has 6 aromatic rings. The second-order valence-corrected chi connectivity index (χ2v) is 11.9. The van der Waals surface area contributed by atoms with Gasteiger partial charge >= 0.3 is 46.9 Å². The fourth-order valence-electron chi connectivity index (χ4n) is 4.41. The third-order valence-electron chi connectivity index (χ3n) is 6.88. The first kappa shape index (κ1) is 41.2. The van der Waals surface area contributed by atoms with Gasteiger partial charge in [-0.2, -0.15) is 15.3 Å². The Kier molecular flexibility index (Phi) is 14.1. The number of azo groups is 2. The van der Waals surface area contributed by atoms with Crippen molar-refractivity contribution in [3.63, 3.8) is 0 Å². The third-order valence-corrected chi connectivity index (χ3v) is 7.79. The van der Waals surface area contributed by atoms with Gasteiger partial charge < -0.3 is 25.2 Å². The van der Waals surface area contributed by atoms with Crippen molar-refractivity contribution in [2.24, 2.45) is 25.6 Å². The molecule has 52 heavy (non-hydrogen) atoms. The van der Waals surface area contributed by atoms with E-state index < -0.39 is 33.5 Å². The molecule has 0 fully saturated rings. The summed E-state index contributed by atoms with van der Waals surface area (Å²) < 4.78 is 25.2. The van der Waals surface area contributed by atoms with Crippen LogP contribution in [0.2, 0.25) is 0 Å². The maximum Gasteiger partial charge on any atom is 3.00 e. The van der Waals surface area contributed by atoms with Crippen LogP contribution in [0.3, 0.4) is 0 Å². The average Bonchev–Trinajstić information content (AvgIpc) is 3.55. The van der Waals surface area contributed by atoms with Gasteiger partial charge in [0.15, 0.2) is 0 Å². The molecule has 0 aliphatic rings. The number of carboxylic acids is 1. The molecule has 19 heteroatoms. The molecule has 0 unspecified atom stereocenters. The van der Waals surface area contributed by atoms with E-state index in [4.69, 9.17) is 5.14 Å². The van der Waals surface area contributed by atoms with Crippen LogP contribution in [-0.2, 0) is 27.4 Å². The van der Waals surface area contributed by atoms with Gasteiger partial charge in [0.2, 0.25) is 10.0 Å². The molecule has 2 aromatic heterocycles. The van der Waals surface area contributed by atoms with E-state index in [-0.39, 0.29) is 80.1 Å². The molecule has 0 aliphatic carbocycles. The Bertz CT molecular complexity index is 2350. The molecular formula is C33H25CrN9NaO7S. The largest absolute Gasteiger partial charge is 3.00 e. The first-order valence-electron chi connectivity index (χ1n) is 14.5. The second kappa shape index (κ2) is 17.8. The summed E-state index contributed by atoms with van der Waals surface area (Å²) in [6.07, 6.45) is 0. The Hall–Kier alpha value is -5.19. The van der Waals surface area contributed by atoms with E-state index in [0.29, 0.717) is 22.8 Å². The standard InChI is InChI=1S/C17H14N4O3.C16H15N5O4S.Cr.Na/c1-11-15(16(22)21(20-11)12-7-3-2-4-8-12)19-18-14-10-6-5-9-13(14)17(23)24;1-10-15(16(23)21(20-10)11-5-3-2-4-6-11)19-18-13-9-12(26(17,24)25)7-8-14(13)22;;/h2-10,22H,1H3,(H,23,24);2-9,22-23H,1H3,(H2,17,24,25);;/q;;+3;+1/p-4. The van der Waals surface area contributed by atoms with E-state index >= 15 is 0 Å². The van der Waals surface area contributed by atoms with Crippen LogP contribution in [0.5, 0.6) is 17.5 Å². The summed E-state index contributed by atoms with van der Waals surface area (Å²) >= 11 is 0. The number of primary sulfonamides is 1. The van der Waals surface area contributed by atoms with Crippen molar-refractivity contribution < 1.29 is 80.6 Å². The fourth-order valence-corrected chi connectivity index (χ4v) is 4.94. The Balaban J connectivity index is 0.000000271.